The van der Waals surface area contributed by atoms with Crippen LogP contribution in [-0.4, -0.2) is 47.1 Å². The van der Waals surface area contributed by atoms with Crippen LogP contribution in [0.2, 0.25) is 0 Å². The summed E-state index contributed by atoms with van der Waals surface area (Å²) < 4.78 is 19.5. The Morgan fingerprint density at radius 2 is 2.20 bits per heavy atom. The summed E-state index contributed by atoms with van der Waals surface area (Å²) in [5.74, 6) is 0.636. The van der Waals surface area contributed by atoms with Gasteiger partial charge in [0.1, 0.15) is 5.69 Å². The number of aromatic nitrogens is 2. The van der Waals surface area contributed by atoms with E-state index in [0.29, 0.717) is 12.5 Å². The molecule has 0 amide bonds. The molecule has 1 aromatic heterocycles. The van der Waals surface area contributed by atoms with Crippen LogP contribution in [0.1, 0.15) is 19.0 Å². The zero-order valence-corrected chi connectivity index (χ0v) is 14.9. The molecule has 0 saturated carbocycles. The molecule has 5 nitrogen and oxygen atoms in total. The van der Waals surface area contributed by atoms with E-state index in [4.69, 9.17) is 9.47 Å². The van der Waals surface area contributed by atoms with Crippen LogP contribution in [0.25, 0.3) is 5.57 Å². The van der Waals surface area contributed by atoms with E-state index in [0.717, 1.165) is 37.4 Å². The number of likely N-dealkylation sites (N-methyl/N-ethyl adjacent to an activating group) is 1. The first-order valence-electron chi connectivity index (χ1n) is 6.42. The van der Waals surface area contributed by atoms with Gasteiger partial charge in [0.25, 0.3) is 5.88 Å². The number of hydrogen-bond donors (Lipinski definition) is 0. The van der Waals surface area contributed by atoms with Crippen molar-refractivity contribution < 1.29 is 9.47 Å². The van der Waals surface area contributed by atoms with Gasteiger partial charge in [-0.1, -0.05) is 6.08 Å². The van der Waals surface area contributed by atoms with Gasteiger partial charge < -0.3 is 14.4 Å². The third-order valence-electron chi connectivity index (χ3n) is 2.70. The summed E-state index contributed by atoms with van der Waals surface area (Å²) in [6, 6.07) is 0. The van der Waals surface area contributed by atoms with Crippen molar-refractivity contribution in [2.24, 2.45) is 0 Å². The summed E-state index contributed by atoms with van der Waals surface area (Å²) in [5.41, 5.74) is 2.00. The number of halogens is 1. The molecule has 112 valence electrons. The van der Waals surface area contributed by atoms with Gasteiger partial charge in [-0.2, -0.15) is 4.37 Å². The largest absolute Gasteiger partial charge is 0.475 e. The van der Waals surface area contributed by atoms with Crippen molar-refractivity contribution in [3.8, 4) is 5.88 Å². The molecule has 0 aliphatic carbocycles. The highest BCUT2D eigenvalue weighted by Crippen LogP contribution is 2.26. The molecule has 0 fully saturated rings. The monoisotopic (exact) mass is 409 g/mol. The maximum Gasteiger partial charge on any atom is 0.253 e. The minimum Gasteiger partial charge on any atom is -0.475 e. The maximum absolute atomic E-state index is 5.69. The molecule has 1 aliphatic heterocycles. The van der Waals surface area contributed by atoms with E-state index in [9.17, 15) is 0 Å². The van der Waals surface area contributed by atoms with E-state index in [1.165, 1.54) is 11.7 Å². The van der Waals surface area contributed by atoms with E-state index in [-0.39, 0.29) is 24.0 Å². The van der Waals surface area contributed by atoms with Crippen LogP contribution < -0.4 is 4.74 Å². The first-order valence-corrected chi connectivity index (χ1v) is 7.15. The van der Waals surface area contributed by atoms with E-state index in [2.05, 4.69) is 19.7 Å². The van der Waals surface area contributed by atoms with Crippen molar-refractivity contribution in [1.29, 1.82) is 0 Å². The van der Waals surface area contributed by atoms with Gasteiger partial charge in [0.15, 0.2) is 0 Å². The molecule has 1 aliphatic rings. The molecule has 0 bridgehead atoms. The maximum atomic E-state index is 5.69. The minimum atomic E-state index is 0. The van der Waals surface area contributed by atoms with Gasteiger partial charge in [-0.3, -0.25) is 0 Å². The number of hydrogen-bond acceptors (Lipinski definition) is 6. The second-order valence-electron chi connectivity index (χ2n) is 4.27. The molecule has 0 aromatic carbocycles. The van der Waals surface area contributed by atoms with Gasteiger partial charge in [-0.15, -0.1) is 28.4 Å². The van der Waals surface area contributed by atoms with Crippen molar-refractivity contribution in [3.05, 3.63) is 24.0 Å². The van der Waals surface area contributed by atoms with Crippen molar-refractivity contribution in [1.82, 2.24) is 13.6 Å². The lowest BCUT2D eigenvalue weighted by Crippen LogP contribution is -2.16. The summed E-state index contributed by atoms with van der Waals surface area (Å²) >= 11 is 1.19. The zero-order valence-electron chi connectivity index (χ0n) is 11.7. The Morgan fingerprint density at radius 3 is 2.95 bits per heavy atom. The van der Waals surface area contributed by atoms with E-state index < -0.39 is 0 Å². The van der Waals surface area contributed by atoms with Crippen LogP contribution >= 0.6 is 35.7 Å². The van der Waals surface area contributed by atoms with Crippen LogP contribution in [0.15, 0.2) is 18.4 Å². The fourth-order valence-electron chi connectivity index (χ4n) is 1.78. The predicted molar refractivity (Wildman–Crippen MR) is 91.7 cm³/mol. The number of ether oxygens (including phenoxy) is 2. The SMILES string of the molecule is CCOCCCOc1nsnc1C1=CC=CN(C)C1.I. The molecule has 0 N–H and O–H groups in total. The highest BCUT2D eigenvalue weighted by Gasteiger charge is 2.16. The zero-order chi connectivity index (χ0) is 13.5. The smallest absolute Gasteiger partial charge is 0.253 e. The number of nitrogens with zero attached hydrogens (tertiary/aromatic N) is 3. The molecule has 0 atom stereocenters. The van der Waals surface area contributed by atoms with Crippen LogP contribution in [0.5, 0.6) is 5.88 Å². The van der Waals surface area contributed by atoms with E-state index in [1.807, 2.05) is 26.2 Å². The van der Waals surface area contributed by atoms with Gasteiger partial charge in [-0.25, -0.2) is 0 Å². The van der Waals surface area contributed by atoms with Crippen LogP contribution in [0.4, 0.5) is 0 Å². The topological polar surface area (TPSA) is 47.5 Å². The molecule has 0 radical (unpaired) electrons. The lowest BCUT2D eigenvalue weighted by molar-refractivity contribution is 0.130. The molecule has 1 aromatic rings. The average Bonchev–Trinajstić information content (AvgIpc) is 2.87. The Morgan fingerprint density at radius 1 is 1.35 bits per heavy atom. The normalized spacial score (nSPS) is 13.9. The summed E-state index contributed by atoms with van der Waals surface area (Å²) in [4.78, 5) is 2.10. The van der Waals surface area contributed by atoms with Crippen LogP contribution in [0.3, 0.4) is 0 Å². The van der Waals surface area contributed by atoms with Gasteiger partial charge in [-0.05, 0) is 19.2 Å². The quantitative estimate of drug-likeness (QED) is 0.512. The molecule has 7 heteroatoms. The third-order valence-corrected chi connectivity index (χ3v) is 3.21. The Bertz CT molecular complexity index is 462. The Hall–Kier alpha value is -0.670. The Balaban J connectivity index is 0.00000200. The molecular weight excluding hydrogens is 389 g/mol. The van der Waals surface area contributed by atoms with E-state index in [1.54, 1.807) is 0 Å². The summed E-state index contributed by atoms with van der Waals surface area (Å²) in [7, 11) is 2.03. The molecule has 2 heterocycles. The van der Waals surface area contributed by atoms with Crippen molar-refractivity contribution in [3.63, 3.8) is 0 Å². The second kappa shape index (κ2) is 9.30. The minimum absolute atomic E-state index is 0. The van der Waals surface area contributed by atoms with Crippen LogP contribution in [-0.2, 0) is 4.74 Å². The first kappa shape index (κ1) is 17.4. The van der Waals surface area contributed by atoms with Crippen LogP contribution in [0, 0.1) is 0 Å². The lowest BCUT2D eigenvalue weighted by atomic mass is 10.1. The standard InChI is InChI=1S/C13H19N3O2S.HI/c1-3-17-8-5-9-18-13-12(14-19-15-13)11-6-4-7-16(2)10-11;/h4,6-7H,3,5,8-10H2,1-2H3;1H. The molecule has 2 rings (SSSR count). The summed E-state index contributed by atoms with van der Waals surface area (Å²) in [6.45, 7) is 4.89. The Kier molecular flexibility index (Phi) is 8.08. The highest BCUT2D eigenvalue weighted by atomic mass is 127. The Labute approximate surface area is 141 Å². The van der Waals surface area contributed by atoms with E-state index >= 15 is 0 Å². The average molecular weight is 409 g/mol. The second-order valence-corrected chi connectivity index (χ2v) is 4.79. The lowest BCUT2D eigenvalue weighted by Gasteiger charge is -2.18. The fraction of sp³-hybridized carbons (Fsp3) is 0.538. The molecular formula is C13H20IN3O2S. The predicted octanol–water partition coefficient (Wildman–Crippen LogP) is 2.80. The van der Waals surface area contributed by atoms with Gasteiger partial charge in [0.05, 0.1) is 18.3 Å². The number of rotatable bonds is 7. The highest BCUT2D eigenvalue weighted by molar-refractivity contribution is 14.0. The summed E-state index contributed by atoms with van der Waals surface area (Å²) in [6.07, 6.45) is 6.97. The van der Waals surface area contributed by atoms with Crippen molar-refractivity contribution in [2.45, 2.75) is 13.3 Å². The molecule has 0 spiro atoms. The van der Waals surface area contributed by atoms with Gasteiger partial charge in [0, 0.05) is 38.8 Å². The number of allylic oxidation sites excluding steroid dienone is 2. The van der Waals surface area contributed by atoms with Gasteiger partial charge in [0.2, 0.25) is 0 Å². The molecule has 0 saturated heterocycles. The molecule has 0 unspecified atom stereocenters. The van der Waals surface area contributed by atoms with Crippen molar-refractivity contribution >= 4 is 41.3 Å². The van der Waals surface area contributed by atoms with Crippen molar-refractivity contribution in [2.75, 3.05) is 33.4 Å². The fourth-order valence-corrected chi connectivity index (χ4v) is 2.31. The van der Waals surface area contributed by atoms with Gasteiger partial charge >= 0.3 is 0 Å². The summed E-state index contributed by atoms with van der Waals surface area (Å²) in [5, 5.41) is 0. The molecule has 20 heavy (non-hydrogen) atoms. The first-order chi connectivity index (χ1) is 9.31. The third kappa shape index (κ3) is 5.02.